The standard InChI is InChI=1S/C19H30N4/c1-22(2)11-12-23-18(14-20)9-5-3-7-16(18)13-17-8-4-6-10-19(17,23)15-21/h16-17H,3-13H2,1-2H3/p+2/t16-,17+,18-,19-/m1/s1. The van der Waals surface area contributed by atoms with Gasteiger partial charge >= 0.3 is 0 Å². The highest BCUT2D eigenvalue weighted by atomic mass is 15.3. The van der Waals surface area contributed by atoms with Crippen molar-refractivity contribution in [3.63, 3.8) is 0 Å². The summed E-state index contributed by atoms with van der Waals surface area (Å²) in [7, 11) is 4.36. The Kier molecular flexibility index (Phi) is 4.68. The Morgan fingerprint density at radius 3 is 1.91 bits per heavy atom. The van der Waals surface area contributed by atoms with Crippen LogP contribution in [0.1, 0.15) is 57.8 Å². The van der Waals surface area contributed by atoms with Crippen LogP contribution in [0.15, 0.2) is 0 Å². The van der Waals surface area contributed by atoms with Gasteiger partial charge in [0.05, 0.1) is 14.1 Å². The highest BCUT2D eigenvalue weighted by molar-refractivity contribution is 5.17. The van der Waals surface area contributed by atoms with Gasteiger partial charge in [-0.3, -0.25) is 4.90 Å². The molecule has 23 heavy (non-hydrogen) atoms. The molecular formula is C19H32N4+2. The van der Waals surface area contributed by atoms with Crippen LogP contribution in [0.2, 0.25) is 0 Å². The van der Waals surface area contributed by atoms with Gasteiger partial charge in [0.1, 0.15) is 25.2 Å². The number of quaternary nitrogens is 2. The van der Waals surface area contributed by atoms with Crippen molar-refractivity contribution in [3.8, 4) is 12.1 Å². The number of rotatable bonds is 3. The molecule has 3 fully saturated rings. The molecule has 5 atom stereocenters. The first-order chi connectivity index (χ1) is 11.1. The Hall–Kier alpha value is -1.10. The Balaban J connectivity index is 2.02. The first kappa shape index (κ1) is 16.7. The fourth-order valence-electron chi connectivity index (χ4n) is 5.91. The van der Waals surface area contributed by atoms with Crippen LogP contribution in [0.4, 0.5) is 0 Å². The first-order valence-corrected chi connectivity index (χ1v) is 9.57. The van der Waals surface area contributed by atoms with E-state index in [0.717, 1.165) is 45.2 Å². The highest BCUT2D eigenvalue weighted by Gasteiger charge is 2.65. The molecule has 0 aromatic heterocycles. The lowest BCUT2D eigenvalue weighted by atomic mass is 9.57. The lowest BCUT2D eigenvalue weighted by Gasteiger charge is -2.58. The zero-order valence-corrected chi connectivity index (χ0v) is 14.8. The van der Waals surface area contributed by atoms with Crippen molar-refractivity contribution in [3.05, 3.63) is 0 Å². The molecule has 4 heteroatoms. The number of piperidine rings is 1. The summed E-state index contributed by atoms with van der Waals surface area (Å²) < 4.78 is 0. The fourth-order valence-corrected chi connectivity index (χ4v) is 5.91. The van der Waals surface area contributed by atoms with Gasteiger partial charge in [0.25, 0.3) is 0 Å². The van der Waals surface area contributed by atoms with Crippen molar-refractivity contribution in [2.24, 2.45) is 11.8 Å². The molecule has 1 aliphatic heterocycles. The third kappa shape index (κ3) is 2.57. The Labute approximate surface area is 141 Å². The van der Waals surface area contributed by atoms with Gasteiger partial charge in [0.2, 0.25) is 0 Å². The summed E-state index contributed by atoms with van der Waals surface area (Å²) in [4.78, 5) is 2.78. The molecule has 3 aliphatic rings. The van der Waals surface area contributed by atoms with E-state index in [4.69, 9.17) is 0 Å². The van der Waals surface area contributed by atoms with Gasteiger partial charge in [-0.15, -0.1) is 0 Å². The number of nitrogens with one attached hydrogen (secondary N) is 2. The highest BCUT2D eigenvalue weighted by Crippen LogP contribution is 2.46. The van der Waals surface area contributed by atoms with E-state index < -0.39 is 0 Å². The fraction of sp³-hybridized carbons (Fsp3) is 0.895. The zero-order valence-electron chi connectivity index (χ0n) is 14.8. The number of hydrogen-bond acceptors (Lipinski definition) is 2. The second kappa shape index (κ2) is 6.42. The summed E-state index contributed by atoms with van der Waals surface area (Å²) >= 11 is 0. The van der Waals surface area contributed by atoms with Crippen LogP contribution < -0.4 is 9.80 Å². The molecule has 2 N–H and O–H groups in total. The van der Waals surface area contributed by atoms with Crippen LogP contribution in [0.5, 0.6) is 0 Å². The zero-order chi connectivity index (χ0) is 16.5. The summed E-state index contributed by atoms with van der Waals surface area (Å²) in [6.07, 6.45) is 10.4. The molecule has 2 saturated carbocycles. The predicted octanol–water partition coefficient (Wildman–Crippen LogP) is 0.325. The van der Waals surface area contributed by atoms with Gasteiger partial charge in [0, 0.05) is 24.7 Å². The maximum atomic E-state index is 10.2. The van der Waals surface area contributed by atoms with Crippen LogP contribution in [0.3, 0.4) is 0 Å². The van der Waals surface area contributed by atoms with Gasteiger partial charge < -0.3 is 4.90 Å². The van der Waals surface area contributed by atoms with Gasteiger partial charge in [-0.25, -0.2) is 0 Å². The number of hydrogen-bond donors (Lipinski definition) is 2. The van der Waals surface area contributed by atoms with Crippen LogP contribution in [-0.4, -0.2) is 38.3 Å². The number of nitriles is 2. The summed E-state index contributed by atoms with van der Waals surface area (Å²) in [6, 6.07) is 5.58. The SMILES string of the molecule is C[NH+](C)CC[NH+]1[C@@]2(C#N)CCCC[C@@H]2C[C@@H]2CCCC[C@@]21C#N. The van der Waals surface area contributed by atoms with Crippen LogP contribution in [0, 0.1) is 34.5 Å². The van der Waals surface area contributed by atoms with Crippen molar-refractivity contribution in [1.82, 2.24) is 0 Å². The molecule has 0 bridgehead atoms. The summed E-state index contributed by atoms with van der Waals surface area (Å²) in [5, 5.41) is 20.5. The van der Waals surface area contributed by atoms with Crippen LogP contribution >= 0.6 is 0 Å². The van der Waals surface area contributed by atoms with Crippen molar-refractivity contribution < 1.29 is 9.80 Å². The lowest BCUT2D eigenvalue weighted by Crippen LogP contribution is -3.31. The lowest BCUT2D eigenvalue weighted by molar-refractivity contribution is -1.02. The molecule has 3 rings (SSSR count). The largest absolute Gasteiger partial charge is 0.335 e. The topological polar surface area (TPSA) is 56.5 Å². The van der Waals surface area contributed by atoms with E-state index >= 15 is 0 Å². The Morgan fingerprint density at radius 2 is 1.48 bits per heavy atom. The third-order valence-corrected chi connectivity index (χ3v) is 7.06. The van der Waals surface area contributed by atoms with E-state index in [1.54, 1.807) is 0 Å². The molecule has 126 valence electrons. The molecule has 0 aromatic rings. The monoisotopic (exact) mass is 316 g/mol. The number of likely N-dealkylation sites (tertiary alicyclic amines) is 1. The Morgan fingerprint density at radius 1 is 0.957 bits per heavy atom. The number of nitrogens with zero attached hydrogens (tertiary/aromatic N) is 2. The summed E-state index contributed by atoms with van der Waals surface area (Å²) in [5.41, 5.74) is -0.589. The van der Waals surface area contributed by atoms with Gasteiger partial charge in [-0.1, -0.05) is 12.8 Å². The maximum absolute atomic E-state index is 10.2. The molecular weight excluding hydrogens is 284 g/mol. The van der Waals surface area contributed by atoms with E-state index in [1.165, 1.54) is 35.5 Å². The molecule has 0 aromatic carbocycles. The van der Waals surface area contributed by atoms with Gasteiger partial charge in [0.15, 0.2) is 11.1 Å². The average Bonchev–Trinajstić information content (AvgIpc) is 2.58. The van der Waals surface area contributed by atoms with E-state index in [0.29, 0.717) is 11.8 Å². The molecule has 0 radical (unpaired) electrons. The predicted molar refractivity (Wildman–Crippen MR) is 88.7 cm³/mol. The van der Waals surface area contributed by atoms with Gasteiger partial charge in [-0.05, 0) is 32.1 Å². The minimum absolute atomic E-state index is 0.294. The number of likely N-dealkylation sites (N-methyl/N-ethyl adjacent to an activating group) is 1. The minimum Gasteiger partial charge on any atom is -0.335 e. The van der Waals surface area contributed by atoms with Crippen molar-refractivity contribution in [2.45, 2.75) is 68.9 Å². The van der Waals surface area contributed by atoms with E-state index in [2.05, 4.69) is 26.2 Å². The maximum Gasteiger partial charge on any atom is 0.188 e. The second-order valence-electron chi connectivity index (χ2n) is 8.47. The molecule has 1 heterocycles. The van der Waals surface area contributed by atoms with Crippen molar-refractivity contribution >= 4 is 0 Å². The van der Waals surface area contributed by atoms with E-state index in [1.807, 2.05) is 0 Å². The average molecular weight is 316 g/mol. The van der Waals surface area contributed by atoms with E-state index in [9.17, 15) is 10.5 Å². The summed E-state index contributed by atoms with van der Waals surface area (Å²) in [5.74, 6) is 1.02. The summed E-state index contributed by atoms with van der Waals surface area (Å²) in [6.45, 7) is 2.01. The molecule has 1 saturated heterocycles. The minimum atomic E-state index is -0.294. The number of fused-ring (bicyclic) bond motifs is 2. The molecule has 4 nitrogen and oxygen atoms in total. The van der Waals surface area contributed by atoms with Crippen LogP contribution in [-0.2, 0) is 0 Å². The molecule has 0 spiro atoms. The first-order valence-electron chi connectivity index (χ1n) is 9.57. The van der Waals surface area contributed by atoms with E-state index in [-0.39, 0.29) is 11.1 Å². The smallest absolute Gasteiger partial charge is 0.188 e. The van der Waals surface area contributed by atoms with Gasteiger partial charge in [-0.2, -0.15) is 10.5 Å². The Bertz CT molecular complexity index is 476. The molecule has 1 unspecified atom stereocenters. The quantitative estimate of drug-likeness (QED) is 0.788. The second-order valence-corrected chi connectivity index (χ2v) is 8.47. The van der Waals surface area contributed by atoms with Crippen LogP contribution in [0.25, 0.3) is 0 Å². The molecule has 0 amide bonds. The van der Waals surface area contributed by atoms with Crippen molar-refractivity contribution in [2.75, 3.05) is 27.2 Å². The molecule has 2 aliphatic carbocycles. The normalized spacial score (nSPS) is 43.1. The van der Waals surface area contributed by atoms with Crippen molar-refractivity contribution in [1.29, 1.82) is 10.5 Å². The third-order valence-electron chi connectivity index (χ3n) is 7.06.